The maximum atomic E-state index is 12.6. The van der Waals surface area contributed by atoms with E-state index in [4.69, 9.17) is 16.4 Å². The molecular weight excluding hydrogens is 418 g/mol. The fourth-order valence-electron chi connectivity index (χ4n) is 2.95. The number of hydrogen-bond donors (Lipinski definition) is 1. The number of hydroxylamine groups is 1. The first-order valence-electron chi connectivity index (χ1n) is 8.78. The second-order valence-corrected chi connectivity index (χ2v) is 8.74. The summed E-state index contributed by atoms with van der Waals surface area (Å²) >= 11 is 6.30. The smallest absolute Gasteiger partial charge is 0.264 e. The van der Waals surface area contributed by atoms with Gasteiger partial charge in [-0.15, -0.1) is 0 Å². The normalized spacial score (nSPS) is 14.5. The summed E-state index contributed by atoms with van der Waals surface area (Å²) in [6.45, 7) is 0.613. The van der Waals surface area contributed by atoms with Crippen LogP contribution >= 0.6 is 11.6 Å². The minimum Gasteiger partial charge on any atom is -0.322 e. The molecule has 0 unspecified atom stereocenters. The highest BCUT2D eigenvalue weighted by Crippen LogP contribution is 2.32. The number of anilines is 2. The molecule has 0 radical (unpaired) electrons. The number of sulfonamides is 1. The first-order chi connectivity index (χ1) is 13.7. The van der Waals surface area contributed by atoms with Gasteiger partial charge in [0.1, 0.15) is 0 Å². The van der Waals surface area contributed by atoms with Crippen LogP contribution in [0.25, 0.3) is 0 Å². The Morgan fingerprint density at radius 3 is 2.62 bits per heavy atom. The molecule has 1 saturated heterocycles. The number of hydrogen-bond acceptors (Lipinski definition) is 5. The molecule has 10 heteroatoms. The Morgan fingerprint density at radius 1 is 1.24 bits per heavy atom. The van der Waals surface area contributed by atoms with E-state index in [0.717, 1.165) is 6.42 Å². The van der Waals surface area contributed by atoms with Crippen LogP contribution in [-0.4, -0.2) is 45.4 Å². The minimum atomic E-state index is -3.87. The highest BCUT2D eigenvalue weighted by atomic mass is 35.5. The number of nitrogens with zero attached hydrogens (tertiary/aromatic N) is 2. The van der Waals surface area contributed by atoms with Crippen LogP contribution in [0.3, 0.4) is 0 Å². The number of halogens is 1. The van der Waals surface area contributed by atoms with E-state index in [1.54, 1.807) is 23.1 Å². The zero-order valence-corrected chi connectivity index (χ0v) is 17.5. The van der Waals surface area contributed by atoms with E-state index in [0.29, 0.717) is 33.8 Å². The molecule has 1 N–H and O–H groups in total. The van der Waals surface area contributed by atoms with Crippen molar-refractivity contribution in [3.05, 3.63) is 53.1 Å². The van der Waals surface area contributed by atoms with Crippen molar-refractivity contribution in [1.82, 2.24) is 4.47 Å². The number of rotatable bonds is 6. The number of carbonyl (C=O) groups excluding carboxylic acids is 2. The maximum absolute atomic E-state index is 12.6. The standard InChI is InChI=1S/C19H20ClN3O5S/c1-22(28-2)29(26,27)15-6-3-5-13(11-15)19(25)21-14-8-9-17(16(20)12-14)23-10-4-7-18(23)24/h3,5-6,8-9,11-12H,4,7,10H2,1-2H3,(H,21,25). The molecule has 8 nitrogen and oxygen atoms in total. The van der Waals surface area contributed by atoms with Crippen molar-refractivity contribution in [3.63, 3.8) is 0 Å². The molecule has 0 aromatic heterocycles. The first kappa shape index (κ1) is 21.3. The van der Waals surface area contributed by atoms with Crippen molar-refractivity contribution >= 4 is 44.8 Å². The molecule has 29 heavy (non-hydrogen) atoms. The van der Waals surface area contributed by atoms with Crippen LogP contribution in [0.4, 0.5) is 11.4 Å². The molecule has 3 rings (SSSR count). The van der Waals surface area contributed by atoms with Crippen molar-refractivity contribution in [2.24, 2.45) is 0 Å². The van der Waals surface area contributed by atoms with Crippen LogP contribution in [0, 0.1) is 0 Å². The summed E-state index contributed by atoms with van der Waals surface area (Å²) in [6, 6.07) is 10.5. The quantitative estimate of drug-likeness (QED) is 0.701. The van der Waals surface area contributed by atoms with E-state index in [1.165, 1.54) is 38.4 Å². The predicted octanol–water partition coefficient (Wildman–Crippen LogP) is 2.90. The van der Waals surface area contributed by atoms with E-state index >= 15 is 0 Å². The molecule has 0 bridgehead atoms. The molecule has 0 atom stereocenters. The lowest BCUT2D eigenvalue weighted by molar-refractivity contribution is -0.117. The lowest BCUT2D eigenvalue weighted by Gasteiger charge is -2.18. The Labute approximate surface area is 174 Å². The SMILES string of the molecule is CON(C)S(=O)(=O)c1cccc(C(=O)Nc2ccc(N3CCCC3=O)c(Cl)c2)c1. The van der Waals surface area contributed by atoms with Gasteiger partial charge in [-0.3, -0.25) is 14.4 Å². The highest BCUT2D eigenvalue weighted by Gasteiger charge is 2.24. The zero-order chi connectivity index (χ0) is 21.2. The Morgan fingerprint density at radius 2 is 2.00 bits per heavy atom. The van der Waals surface area contributed by atoms with Gasteiger partial charge < -0.3 is 10.2 Å². The molecule has 1 heterocycles. The first-order valence-corrected chi connectivity index (χ1v) is 10.6. The summed E-state index contributed by atoms with van der Waals surface area (Å²) in [5.41, 5.74) is 1.19. The van der Waals surface area contributed by atoms with Crippen LogP contribution in [0.1, 0.15) is 23.2 Å². The molecule has 154 valence electrons. The Balaban J connectivity index is 1.80. The van der Waals surface area contributed by atoms with Crippen molar-refractivity contribution in [2.45, 2.75) is 17.7 Å². The van der Waals surface area contributed by atoms with Crippen LogP contribution in [0.2, 0.25) is 5.02 Å². The van der Waals surface area contributed by atoms with Gasteiger partial charge in [-0.05, 0) is 42.8 Å². The van der Waals surface area contributed by atoms with E-state index in [2.05, 4.69) is 5.32 Å². The second-order valence-electron chi connectivity index (χ2n) is 6.39. The summed E-state index contributed by atoms with van der Waals surface area (Å²) in [6.07, 6.45) is 1.28. The van der Waals surface area contributed by atoms with Crippen molar-refractivity contribution < 1.29 is 22.8 Å². The highest BCUT2D eigenvalue weighted by molar-refractivity contribution is 7.89. The zero-order valence-electron chi connectivity index (χ0n) is 15.9. The maximum Gasteiger partial charge on any atom is 0.264 e. The summed E-state index contributed by atoms with van der Waals surface area (Å²) < 4.78 is 25.4. The molecule has 1 aliphatic heterocycles. The molecular formula is C19H20ClN3O5S. The van der Waals surface area contributed by atoms with Crippen LogP contribution in [-0.2, 0) is 19.7 Å². The molecule has 2 aromatic carbocycles. The molecule has 1 aliphatic rings. The molecule has 0 spiro atoms. The van der Waals surface area contributed by atoms with Crippen LogP contribution in [0.5, 0.6) is 0 Å². The Hall–Kier alpha value is -2.46. The van der Waals surface area contributed by atoms with Gasteiger partial charge in [-0.1, -0.05) is 22.1 Å². The molecule has 2 amide bonds. The lowest BCUT2D eigenvalue weighted by atomic mass is 10.2. The van der Waals surface area contributed by atoms with Gasteiger partial charge >= 0.3 is 0 Å². The van der Waals surface area contributed by atoms with E-state index in [1.807, 2.05) is 0 Å². The van der Waals surface area contributed by atoms with Crippen molar-refractivity contribution in [2.75, 3.05) is 30.9 Å². The molecule has 2 aromatic rings. The van der Waals surface area contributed by atoms with Gasteiger partial charge in [0.15, 0.2) is 0 Å². The second kappa shape index (κ2) is 8.50. The van der Waals surface area contributed by atoms with Crippen molar-refractivity contribution in [1.29, 1.82) is 0 Å². The topological polar surface area (TPSA) is 96.0 Å². The van der Waals surface area contributed by atoms with Crippen LogP contribution in [0.15, 0.2) is 47.4 Å². The average molecular weight is 438 g/mol. The third kappa shape index (κ3) is 4.43. The number of carbonyl (C=O) groups is 2. The third-order valence-electron chi connectivity index (χ3n) is 4.56. The average Bonchev–Trinajstić information content (AvgIpc) is 3.13. The Bertz CT molecular complexity index is 1060. The largest absolute Gasteiger partial charge is 0.322 e. The summed E-state index contributed by atoms with van der Waals surface area (Å²) in [5.74, 6) is -0.481. The van der Waals surface area contributed by atoms with Gasteiger partial charge in [0.2, 0.25) is 5.91 Å². The third-order valence-corrected chi connectivity index (χ3v) is 6.54. The summed E-state index contributed by atoms with van der Waals surface area (Å²) in [5, 5.41) is 3.03. The summed E-state index contributed by atoms with van der Waals surface area (Å²) in [7, 11) is -1.38. The van der Waals surface area contributed by atoms with Gasteiger partial charge in [0.25, 0.3) is 15.9 Å². The lowest BCUT2D eigenvalue weighted by Crippen LogP contribution is -2.26. The van der Waals surface area contributed by atoms with Crippen molar-refractivity contribution in [3.8, 4) is 0 Å². The monoisotopic (exact) mass is 437 g/mol. The number of amides is 2. The summed E-state index contributed by atoms with van der Waals surface area (Å²) in [4.78, 5) is 30.8. The number of benzene rings is 2. The van der Waals surface area contributed by atoms with Crippen LogP contribution < -0.4 is 10.2 Å². The van der Waals surface area contributed by atoms with E-state index in [-0.39, 0.29) is 16.4 Å². The van der Waals surface area contributed by atoms with Gasteiger partial charge in [0.05, 0.1) is 22.7 Å². The van der Waals surface area contributed by atoms with Gasteiger partial charge in [-0.2, -0.15) is 0 Å². The van der Waals surface area contributed by atoms with Gasteiger partial charge in [0, 0.05) is 31.3 Å². The predicted molar refractivity (Wildman–Crippen MR) is 109 cm³/mol. The number of nitrogens with one attached hydrogen (secondary N) is 1. The van der Waals surface area contributed by atoms with Gasteiger partial charge in [-0.25, -0.2) is 8.42 Å². The minimum absolute atomic E-state index is 0.0164. The molecule has 1 fully saturated rings. The Kier molecular flexibility index (Phi) is 6.23. The molecule has 0 saturated carbocycles. The fraction of sp³-hybridized carbons (Fsp3) is 0.263. The molecule has 0 aliphatic carbocycles. The fourth-order valence-corrected chi connectivity index (χ4v) is 4.26. The van der Waals surface area contributed by atoms with E-state index < -0.39 is 15.9 Å². The van der Waals surface area contributed by atoms with E-state index in [9.17, 15) is 18.0 Å².